The molecule has 2 aromatic heterocycles. The van der Waals surface area contributed by atoms with Gasteiger partial charge in [-0.1, -0.05) is 31.5 Å². The number of nitrogens with zero attached hydrogens (tertiary/aromatic N) is 3. The summed E-state index contributed by atoms with van der Waals surface area (Å²) in [4.78, 5) is 17.3. The topological polar surface area (TPSA) is 103 Å². The predicted molar refractivity (Wildman–Crippen MR) is 122 cm³/mol. The quantitative estimate of drug-likeness (QED) is 0.568. The first-order valence-corrected chi connectivity index (χ1v) is 12.6. The van der Waals surface area contributed by atoms with Crippen molar-refractivity contribution in [2.75, 3.05) is 6.61 Å². The van der Waals surface area contributed by atoms with E-state index in [2.05, 4.69) is 10.1 Å². The Morgan fingerprint density at radius 3 is 2.71 bits per heavy atom. The minimum absolute atomic E-state index is 0.0839. The molecule has 10 heteroatoms. The molecule has 178 valence electrons. The van der Waals surface area contributed by atoms with Crippen LogP contribution in [-0.2, 0) is 26.8 Å². The number of hydrogen-bond donors (Lipinski definition) is 1. The van der Waals surface area contributed by atoms with Crippen molar-refractivity contribution in [2.24, 2.45) is 0 Å². The molecule has 1 spiro atoms. The van der Waals surface area contributed by atoms with Crippen LogP contribution in [0, 0.1) is 12.7 Å². The highest BCUT2D eigenvalue weighted by Crippen LogP contribution is 2.44. The smallest absolute Gasteiger partial charge is 0.286 e. The van der Waals surface area contributed by atoms with Gasteiger partial charge >= 0.3 is 0 Å². The van der Waals surface area contributed by atoms with Crippen LogP contribution in [0.15, 0.2) is 41.7 Å². The summed E-state index contributed by atoms with van der Waals surface area (Å²) in [7, 11) is -4.50. The van der Waals surface area contributed by atoms with Gasteiger partial charge in [-0.25, -0.2) is 14.1 Å². The van der Waals surface area contributed by atoms with Crippen molar-refractivity contribution in [3.63, 3.8) is 0 Å². The van der Waals surface area contributed by atoms with Gasteiger partial charge in [0, 0.05) is 12.3 Å². The molecule has 1 amide bonds. The van der Waals surface area contributed by atoms with Crippen LogP contribution in [0.5, 0.6) is 5.88 Å². The van der Waals surface area contributed by atoms with Crippen molar-refractivity contribution in [1.82, 2.24) is 19.5 Å². The van der Waals surface area contributed by atoms with Gasteiger partial charge in [0.1, 0.15) is 6.61 Å². The van der Waals surface area contributed by atoms with Crippen molar-refractivity contribution < 1.29 is 22.3 Å². The largest absolute Gasteiger partial charge is 0.475 e. The minimum Gasteiger partial charge on any atom is -0.475 e. The van der Waals surface area contributed by atoms with E-state index in [1.807, 2.05) is 49.8 Å². The molecular weight excluding hydrogens is 459 g/mol. The molecule has 2 aliphatic rings. The lowest BCUT2D eigenvalue weighted by atomic mass is 9.87. The van der Waals surface area contributed by atoms with Crippen molar-refractivity contribution in [1.29, 1.82) is 0 Å². The van der Waals surface area contributed by atoms with Crippen LogP contribution >= 0.6 is 0 Å². The maximum atomic E-state index is 14.7. The van der Waals surface area contributed by atoms with Crippen molar-refractivity contribution >= 4 is 15.9 Å². The minimum atomic E-state index is -4.50. The number of carbonyl (C=O) groups is 1. The third-order valence-corrected chi connectivity index (χ3v) is 7.66. The number of hydrogen-bond acceptors (Lipinski definition) is 6. The summed E-state index contributed by atoms with van der Waals surface area (Å²) in [6.07, 6.45) is 3.78. The number of amides is 1. The third kappa shape index (κ3) is 3.96. The summed E-state index contributed by atoms with van der Waals surface area (Å²) in [5.41, 5.74) is 3.59. The Labute approximate surface area is 197 Å². The van der Waals surface area contributed by atoms with Gasteiger partial charge in [-0.2, -0.15) is 13.5 Å². The first-order chi connectivity index (χ1) is 16.1. The van der Waals surface area contributed by atoms with E-state index in [9.17, 15) is 17.6 Å². The Morgan fingerprint density at radius 1 is 1.24 bits per heavy atom. The van der Waals surface area contributed by atoms with E-state index in [1.54, 1.807) is 6.20 Å². The Bertz CT molecular complexity index is 1410. The van der Waals surface area contributed by atoms with Gasteiger partial charge in [0.05, 0.1) is 18.2 Å². The van der Waals surface area contributed by atoms with Crippen LogP contribution in [-0.4, -0.2) is 35.7 Å². The lowest BCUT2D eigenvalue weighted by Gasteiger charge is -2.19. The highest BCUT2D eigenvalue weighted by atomic mass is 32.2. The van der Waals surface area contributed by atoms with E-state index in [0.717, 1.165) is 28.5 Å². The van der Waals surface area contributed by atoms with Crippen molar-refractivity contribution in [3.8, 4) is 17.0 Å². The number of nitrogens with one attached hydrogen (secondary N) is 1. The number of halogens is 1. The highest BCUT2D eigenvalue weighted by Gasteiger charge is 2.48. The standard InChI is InChI=1S/C24H25FN4O4S/c1-14(2)17-8-15(3)9-18-16-4-7-26-22(10-16)33-13-24(5-6-24)29-12-20(25)23(27-29)34(31,32)28-21(30)11-19(17)18/h4,7-10,12,14H,5-6,11,13H2,1-3H3,(H,28,30). The molecule has 0 atom stereocenters. The van der Waals surface area contributed by atoms with Crippen LogP contribution in [0.3, 0.4) is 0 Å². The average molecular weight is 485 g/mol. The van der Waals surface area contributed by atoms with Gasteiger partial charge < -0.3 is 4.74 Å². The summed E-state index contributed by atoms with van der Waals surface area (Å²) >= 11 is 0. The van der Waals surface area contributed by atoms with Crippen LogP contribution in [0.1, 0.15) is 49.3 Å². The molecule has 1 saturated carbocycles. The zero-order valence-electron chi connectivity index (χ0n) is 19.1. The molecule has 0 unspecified atom stereocenters. The molecule has 0 radical (unpaired) electrons. The van der Waals surface area contributed by atoms with Crippen molar-refractivity contribution in [3.05, 3.63) is 59.2 Å². The number of carbonyl (C=O) groups excluding carboxylic acids is 1. The van der Waals surface area contributed by atoms with E-state index in [4.69, 9.17) is 4.74 Å². The third-order valence-electron chi connectivity index (χ3n) is 6.38. The van der Waals surface area contributed by atoms with Gasteiger partial charge in [-0.3, -0.25) is 9.48 Å². The van der Waals surface area contributed by atoms with Gasteiger partial charge in [0.2, 0.25) is 16.8 Å². The molecule has 5 rings (SSSR count). The molecule has 3 aromatic rings. The SMILES string of the molecule is Cc1cc2c(c(C(C)C)c1)CC(=O)NS(=O)(=O)c1nn(cc1F)C1(CC1)COc1cc-2ccn1. The molecular formula is C24H25FN4O4S. The van der Waals surface area contributed by atoms with Gasteiger partial charge in [-0.15, -0.1) is 0 Å². The van der Waals surface area contributed by atoms with E-state index in [1.165, 1.54) is 4.68 Å². The Hall–Kier alpha value is -3.27. The van der Waals surface area contributed by atoms with Gasteiger partial charge in [0.15, 0.2) is 5.82 Å². The number of benzene rings is 1. The zero-order chi connectivity index (χ0) is 24.3. The second kappa shape index (κ2) is 7.90. The number of fused-ring (bicyclic) bond motifs is 7. The number of aromatic nitrogens is 3. The molecule has 1 aliphatic carbocycles. The fourth-order valence-corrected chi connectivity index (χ4v) is 5.39. The van der Waals surface area contributed by atoms with E-state index >= 15 is 0 Å². The van der Waals surface area contributed by atoms with Gasteiger partial charge in [-0.05, 0) is 54.0 Å². The zero-order valence-corrected chi connectivity index (χ0v) is 19.9. The molecule has 1 aromatic carbocycles. The number of pyridine rings is 1. The molecule has 1 aliphatic heterocycles. The van der Waals surface area contributed by atoms with E-state index < -0.39 is 32.3 Å². The van der Waals surface area contributed by atoms with E-state index in [0.29, 0.717) is 24.3 Å². The highest BCUT2D eigenvalue weighted by molar-refractivity contribution is 7.90. The van der Waals surface area contributed by atoms with Gasteiger partial charge in [0.25, 0.3) is 10.0 Å². The predicted octanol–water partition coefficient (Wildman–Crippen LogP) is 3.45. The normalized spacial score (nSPS) is 18.4. The average Bonchev–Trinajstić information content (AvgIpc) is 3.45. The Balaban J connectivity index is 1.69. The summed E-state index contributed by atoms with van der Waals surface area (Å²) in [6.45, 7) is 6.16. The summed E-state index contributed by atoms with van der Waals surface area (Å²) in [5.74, 6) is -1.30. The molecule has 3 heterocycles. The first kappa shape index (κ1) is 22.5. The van der Waals surface area contributed by atoms with E-state index in [-0.39, 0.29) is 18.9 Å². The molecule has 8 nitrogen and oxygen atoms in total. The fraction of sp³-hybridized carbons (Fsp3) is 0.375. The fourth-order valence-electron chi connectivity index (χ4n) is 4.42. The number of aryl methyl sites for hydroxylation is 1. The molecule has 1 N–H and O–H groups in total. The van der Waals surface area contributed by atoms with Crippen LogP contribution in [0.4, 0.5) is 4.39 Å². The summed E-state index contributed by atoms with van der Waals surface area (Å²) < 4.78 is 49.7. The monoisotopic (exact) mass is 484 g/mol. The second-order valence-electron chi connectivity index (χ2n) is 9.36. The second-order valence-corrected chi connectivity index (χ2v) is 11.0. The number of ether oxygens (including phenoxy) is 1. The number of sulfonamides is 1. The maximum absolute atomic E-state index is 14.7. The molecule has 0 saturated heterocycles. The lowest BCUT2D eigenvalue weighted by Crippen LogP contribution is -2.33. The molecule has 1 fully saturated rings. The molecule has 34 heavy (non-hydrogen) atoms. The maximum Gasteiger partial charge on any atom is 0.286 e. The lowest BCUT2D eigenvalue weighted by molar-refractivity contribution is -0.118. The van der Waals surface area contributed by atoms with Crippen LogP contribution < -0.4 is 9.46 Å². The van der Waals surface area contributed by atoms with Crippen LogP contribution in [0.25, 0.3) is 11.1 Å². The van der Waals surface area contributed by atoms with Crippen LogP contribution in [0.2, 0.25) is 0 Å². The Morgan fingerprint density at radius 2 is 2.00 bits per heavy atom. The first-order valence-electron chi connectivity index (χ1n) is 11.1. The summed E-state index contributed by atoms with van der Waals surface area (Å²) in [6, 6.07) is 7.60. The summed E-state index contributed by atoms with van der Waals surface area (Å²) in [5, 5.41) is 3.20. The molecule has 4 bridgehead atoms. The van der Waals surface area contributed by atoms with Crippen molar-refractivity contribution in [2.45, 2.75) is 56.5 Å². The Kier molecular flexibility index (Phi) is 5.23. The number of rotatable bonds is 1.